The van der Waals surface area contributed by atoms with E-state index in [1.165, 1.54) is 0 Å². The molecule has 0 unspecified atom stereocenters. The topological polar surface area (TPSA) is 91.8 Å². The number of anilines is 2. The SMILES string of the molecule is CCc1ccc(-c2nc3cnccn3c2NCC(=O)N2CCN(c3c(Cl)cncc3Cl)CC2)o1. The van der Waals surface area contributed by atoms with Gasteiger partial charge in [0.2, 0.25) is 5.91 Å². The second-order valence-corrected chi connectivity index (χ2v) is 8.72. The zero-order valence-corrected chi connectivity index (χ0v) is 20.1. The van der Waals surface area contributed by atoms with Crippen molar-refractivity contribution >= 4 is 46.3 Å². The molecule has 1 fully saturated rings. The summed E-state index contributed by atoms with van der Waals surface area (Å²) < 4.78 is 7.79. The van der Waals surface area contributed by atoms with E-state index in [1.807, 2.05) is 34.6 Å². The summed E-state index contributed by atoms with van der Waals surface area (Å²) in [4.78, 5) is 29.8. The summed E-state index contributed by atoms with van der Waals surface area (Å²) >= 11 is 12.6. The van der Waals surface area contributed by atoms with E-state index in [2.05, 4.69) is 25.2 Å². The average Bonchev–Trinajstić information content (AvgIpc) is 3.47. The molecule has 9 nitrogen and oxygen atoms in total. The molecule has 1 saturated heterocycles. The van der Waals surface area contributed by atoms with Gasteiger partial charge < -0.3 is 19.5 Å². The molecule has 5 rings (SSSR count). The Morgan fingerprint density at radius 2 is 1.85 bits per heavy atom. The van der Waals surface area contributed by atoms with Crippen LogP contribution < -0.4 is 10.2 Å². The summed E-state index contributed by atoms with van der Waals surface area (Å²) in [5, 5.41) is 4.29. The number of nitrogens with zero attached hydrogens (tertiary/aromatic N) is 6. The Kier molecular flexibility index (Phi) is 6.30. The highest BCUT2D eigenvalue weighted by Crippen LogP contribution is 2.33. The number of nitrogens with one attached hydrogen (secondary N) is 1. The summed E-state index contributed by atoms with van der Waals surface area (Å²) in [6, 6.07) is 3.84. The average molecular weight is 500 g/mol. The Labute approximate surface area is 206 Å². The monoisotopic (exact) mass is 499 g/mol. The number of carbonyl (C=O) groups excluding carboxylic acids is 1. The molecule has 0 aromatic carbocycles. The van der Waals surface area contributed by atoms with Crippen molar-refractivity contribution in [2.45, 2.75) is 13.3 Å². The molecule has 176 valence electrons. The predicted octanol–water partition coefficient (Wildman–Crippen LogP) is 4.01. The van der Waals surface area contributed by atoms with Gasteiger partial charge in [0.05, 0.1) is 28.5 Å². The number of hydrogen-bond acceptors (Lipinski definition) is 7. The third-order valence-electron chi connectivity index (χ3n) is 5.86. The zero-order valence-electron chi connectivity index (χ0n) is 18.5. The third-order valence-corrected chi connectivity index (χ3v) is 6.41. The number of fused-ring (bicyclic) bond motifs is 1. The lowest BCUT2D eigenvalue weighted by atomic mass is 10.2. The van der Waals surface area contributed by atoms with Crippen LogP contribution in [0.25, 0.3) is 17.1 Å². The Morgan fingerprint density at radius 3 is 2.56 bits per heavy atom. The van der Waals surface area contributed by atoms with Crippen molar-refractivity contribution in [3.05, 3.63) is 58.9 Å². The third kappa shape index (κ3) is 4.28. The van der Waals surface area contributed by atoms with Crippen molar-refractivity contribution in [3.63, 3.8) is 0 Å². The van der Waals surface area contributed by atoms with Crippen LogP contribution in [0.1, 0.15) is 12.7 Å². The van der Waals surface area contributed by atoms with Crippen LogP contribution in [0.5, 0.6) is 0 Å². The fraction of sp³-hybridized carbons (Fsp3) is 0.304. The number of amides is 1. The fourth-order valence-electron chi connectivity index (χ4n) is 4.10. The molecule has 11 heteroatoms. The zero-order chi connectivity index (χ0) is 23.7. The van der Waals surface area contributed by atoms with E-state index in [4.69, 9.17) is 27.6 Å². The number of carbonyl (C=O) groups is 1. The lowest BCUT2D eigenvalue weighted by molar-refractivity contribution is -0.129. The van der Waals surface area contributed by atoms with Crippen LogP contribution in [-0.2, 0) is 11.2 Å². The molecule has 5 heterocycles. The van der Waals surface area contributed by atoms with E-state index >= 15 is 0 Å². The van der Waals surface area contributed by atoms with Crippen LogP contribution >= 0.6 is 23.2 Å². The van der Waals surface area contributed by atoms with Crippen molar-refractivity contribution in [1.29, 1.82) is 0 Å². The summed E-state index contributed by atoms with van der Waals surface area (Å²) in [5.74, 6) is 2.21. The highest BCUT2D eigenvalue weighted by Gasteiger charge is 2.25. The Bertz CT molecular complexity index is 1310. The molecule has 0 spiro atoms. The van der Waals surface area contributed by atoms with Crippen molar-refractivity contribution in [1.82, 2.24) is 24.3 Å². The van der Waals surface area contributed by atoms with Crippen molar-refractivity contribution < 1.29 is 9.21 Å². The van der Waals surface area contributed by atoms with E-state index < -0.39 is 0 Å². The van der Waals surface area contributed by atoms with Crippen LogP contribution in [0, 0.1) is 0 Å². The van der Waals surface area contributed by atoms with E-state index in [1.54, 1.807) is 24.8 Å². The van der Waals surface area contributed by atoms with Crippen LogP contribution in [-0.4, -0.2) is 62.9 Å². The molecule has 1 N–H and O–H groups in total. The normalized spacial score (nSPS) is 14.1. The summed E-state index contributed by atoms with van der Waals surface area (Å²) in [6.45, 7) is 4.56. The Hall–Kier alpha value is -3.30. The molecule has 0 aliphatic carbocycles. The molecule has 4 aromatic rings. The number of furan rings is 1. The van der Waals surface area contributed by atoms with Gasteiger partial charge in [-0.25, -0.2) is 4.98 Å². The number of piperazine rings is 1. The van der Waals surface area contributed by atoms with Gasteiger partial charge in [0, 0.05) is 57.4 Å². The first kappa shape index (κ1) is 22.5. The quantitative estimate of drug-likeness (QED) is 0.428. The smallest absolute Gasteiger partial charge is 0.242 e. The first-order valence-electron chi connectivity index (χ1n) is 11.0. The maximum atomic E-state index is 13.0. The Balaban J connectivity index is 1.29. The number of aryl methyl sites for hydroxylation is 1. The van der Waals surface area contributed by atoms with Crippen molar-refractivity contribution in [2.75, 3.05) is 42.9 Å². The number of pyridine rings is 1. The van der Waals surface area contributed by atoms with Gasteiger partial charge in [-0.15, -0.1) is 0 Å². The number of imidazole rings is 1. The molecular formula is C23H23Cl2N7O2. The van der Waals surface area contributed by atoms with E-state index in [9.17, 15) is 4.79 Å². The van der Waals surface area contributed by atoms with Crippen LogP contribution in [0.3, 0.4) is 0 Å². The first-order valence-corrected chi connectivity index (χ1v) is 11.8. The summed E-state index contributed by atoms with van der Waals surface area (Å²) in [5.41, 5.74) is 2.08. The summed E-state index contributed by atoms with van der Waals surface area (Å²) in [6.07, 6.45) is 9.11. The summed E-state index contributed by atoms with van der Waals surface area (Å²) in [7, 11) is 0. The maximum Gasteiger partial charge on any atom is 0.242 e. The molecule has 0 radical (unpaired) electrons. The Morgan fingerprint density at radius 1 is 1.09 bits per heavy atom. The fourth-order valence-corrected chi connectivity index (χ4v) is 4.70. The number of aromatic nitrogens is 4. The number of rotatable bonds is 6. The van der Waals surface area contributed by atoms with Gasteiger partial charge in [0.25, 0.3) is 0 Å². The first-order chi connectivity index (χ1) is 16.5. The minimum Gasteiger partial charge on any atom is -0.459 e. The van der Waals surface area contributed by atoms with Crippen LogP contribution in [0.2, 0.25) is 10.0 Å². The molecule has 0 atom stereocenters. The highest BCUT2D eigenvalue weighted by molar-refractivity contribution is 6.38. The van der Waals surface area contributed by atoms with Gasteiger partial charge in [-0.3, -0.25) is 19.2 Å². The van der Waals surface area contributed by atoms with Gasteiger partial charge in [0.15, 0.2) is 11.4 Å². The molecule has 1 aliphatic rings. The number of halogens is 2. The predicted molar refractivity (Wildman–Crippen MR) is 132 cm³/mol. The van der Waals surface area contributed by atoms with E-state index in [0.717, 1.165) is 17.9 Å². The molecule has 1 amide bonds. The van der Waals surface area contributed by atoms with Crippen LogP contribution in [0.15, 0.2) is 47.5 Å². The van der Waals surface area contributed by atoms with Gasteiger partial charge in [-0.05, 0) is 12.1 Å². The molecule has 4 aromatic heterocycles. The van der Waals surface area contributed by atoms with Gasteiger partial charge in [-0.1, -0.05) is 30.1 Å². The van der Waals surface area contributed by atoms with Crippen molar-refractivity contribution in [2.24, 2.45) is 0 Å². The largest absolute Gasteiger partial charge is 0.459 e. The highest BCUT2D eigenvalue weighted by atomic mass is 35.5. The standard InChI is InChI=1S/C23H23Cl2N7O2/c1-2-15-3-4-18(34-15)21-23(32-6-5-26-13-19(32)29-21)28-14-20(33)30-7-9-31(10-8-30)22-16(24)11-27-12-17(22)25/h3-6,11-13,28H,2,7-10,14H2,1H3. The minimum atomic E-state index is -0.00443. The van der Waals surface area contributed by atoms with E-state index in [-0.39, 0.29) is 12.5 Å². The minimum absolute atomic E-state index is 0.00443. The molecule has 1 aliphatic heterocycles. The van der Waals surface area contributed by atoms with E-state index in [0.29, 0.717) is 59.1 Å². The maximum absolute atomic E-state index is 13.0. The lowest BCUT2D eigenvalue weighted by Gasteiger charge is -2.36. The number of hydrogen-bond donors (Lipinski definition) is 1. The van der Waals surface area contributed by atoms with Gasteiger partial charge in [-0.2, -0.15) is 0 Å². The van der Waals surface area contributed by atoms with Gasteiger partial charge >= 0.3 is 0 Å². The lowest BCUT2D eigenvalue weighted by Crippen LogP contribution is -2.50. The molecule has 34 heavy (non-hydrogen) atoms. The molecule has 0 saturated carbocycles. The second kappa shape index (κ2) is 9.52. The van der Waals surface area contributed by atoms with Gasteiger partial charge in [0.1, 0.15) is 17.3 Å². The molecule has 0 bridgehead atoms. The molecular weight excluding hydrogens is 477 g/mol. The van der Waals surface area contributed by atoms with Crippen LogP contribution in [0.4, 0.5) is 11.5 Å². The second-order valence-electron chi connectivity index (χ2n) is 7.91. The van der Waals surface area contributed by atoms with Crippen molar-refractivity contribution in [3.8, 4) is 11.5 Å².